The van der Waals surface area contributed by atoms with E-state index in [-0.39, 0.29) is 15.7 Å². The molecule has 0 unspecified atom stereocenters. The summed E-state index contributed by atoms with van der Waals surface area (Å²) in [5.41, 5.74) is 7.79. The van der Waals surface area contributed by atoms with Crippen molar-refractivity contribution in [2.24, 2.45) is 0 Å². The number of nitrogens with two attached hydrogens (primary N) is 1. The van der Waals surface area contributed by atoms with Crippen LogP contribution in [0.2, 0.25) is 5.15 Å². The molecule has 106 valence electrons. The summed E-state index contributed by atoms with van der Waals surface area (Å²) in [4.78, 5) is 3.96. The molecule has 0 aliphatic heterocycles. The normalized spacial score (nSPS) is 11.3. The fraction of sp³-hybridized carbons (Fsp3) is 0.154. The number of rotatable bonds is 3. The highest BCUT2D eigenvalue weighted by atomic mass is 35.5. The van der Waals surface area contributed by atoms with Gasteiger partial charge >= 0.3 is 0 Å². The van der Waals surface area contributed by atoms with E-state index in [0.29, 0.717) is 11.3 Å². The molecule has 3 N–H and O–H groups in total. The number of hydrogen-bond donors (Lipinski definition) is 2. The van der Waals surface area contributed by atoms with Crippen molar-refractivity contribution in [2.45, 2.75) is 18.7 Å². The monoisotopic (exact) mass is 311 g/mol. The molecular weight excluding hydrogens is 298 g/mol. The van der Waals surface area contributed by atoms with Crippen molar-refractivity contribution in [2.75, 3.05) is 10.5 Å². The molecule has 0 radical (unpaired) electrons. The van der Waals surface area contributed by atoms with E-state index in [2.05, 4.69) is 9.71 Å². The van der Waals surface area contributed by atoms with Crippen molar-refractivity contribution in [3.63, 3.8) is 0 Å². The van der Waals surface area contributed by atoms with Crippen molar-refractivity contribution in [1.29, 1.82) is 0 Å². The lowest BCUT2D eigenvalue weighted by molar-refractivity contribution is 0.601. The highest BCUT2D eigenvalue weighted by molar-refractivity contribution is 7.92. The number of anilines is 2. The first-order chi connectivity index (χ1) is 9.29. The van der Waals surface area contributed by atoms with Crippen molar-refractivity contribution >= 4 is 33.0 Å². The van der Waals surface area contributed by atoms with Crippen LogP contribution in [0, 0.1) is 13.8 Å². The molecule has 1 aromatic carbocycles. The Morgan fingerprint density at radius 1 is 1.25 bits per heavy atom. The topological polar surface area (TPSA) is 85.1 Å². The maximum atomic E-state index is 12.4. The van der Waals surface area contributed by atoms with E-state index in [1.807, 2.05) is 0 Å². The average Bonchev–Trinajstić information content (AvgIpc) is 2.33. The zero-order valence-corrected chi connectivity index (χ0v) is 12.6. The lowest BCUT2D eigenvalue weighted by atomic mass is 10.2. The number of benzene rings is 1. The number of nitrogens with one attached hydrogen (secondary N) is 1. The lowest BCUT2D eigenvalue weighted by Gasteiger charge is -2.12. The predicted octanol–water partition coefficient (Wildman–Crippen LogP) is 2.73. The van der Waals surface area contributed by atoms with Gasteiger partial charge in [0.25, 0.3) is 10.0 Å². The van der Waals surface area contributed by atoms with Crippen LogP contribution in [0.4, 0.5) is 11.4 Å². The summed E-state index contributed by atoms with van der Waals surface area (Å²) in [5.74, 6) is 0. The van der Waals surface area contributed by atoms with Gasteiger partial charge in [0.05, 0.1) is 10.6 Å². The van der Waals surface area contributed by atoms with Crippen LogP contribution in [0.3, 0.4) is 0 Å². The number of pyridine rings is 1. The number of sulfonamides is 1. The fourth-order valence-electron chi connectivity index (χ4n) is 1.77. The molecule has 0 saturated carbocycles. The second-order valence-corrected chi connectivity index (χ2v) is 6.52. The first-order valence-electron chi connectivity index (χ1n) is 5.81. The average molecular weight is 312 g/mol. The van der Waals surface area contributed by atoms with Gasteiger partial charge in [0.15, 0.2) is 5.15 Å². The number of aryl methyl sites for hydroxylation is 2. The molecule has 0 aliphatic carbocycles. The fourth-order valence-corrected chi connectivity index (χ4v) is 3.36. The van der Waals surface area contributed by atoms with Gasteiger partial charge in [0.1, 0.15) is 0 Å². The molecule has 0 atom stereocenters. The first kappa shape index (κ1) is 14.6. The Labute approximate surface area is 122 Å². The van der Waals surface area contributed by atoms with Crippen LogP contribution < -0.4 is 10.5 Å². The molecule has 0 saturated heterocycles. The van der Waals surface area contributed by atoms with E-state index in [1.165, 1.54) is 18.3 Å². The van der Waals surface area contributed by atoms with Crippen LogP contribution >= 0.6 is 11.6 Å². The van der Waals surface area contributed by atoms with Gasteiger partial charge in [-0.25, -0.2) is 13.4 Å². The summed E-state index contributed by atoms with van der Waals surface area (Å²) in [6.07, 6.45) is 1.51. The van der Waals surface area contributed by atoms with E-state index in [0.717, 1.165) is 5.56 Å². The zero-order chi connectivity index (χ0) is 14.9. The molecule has 0 aliphatic rings. The van der Waals surface area contributed by atoms with Crippen LogP contribution in [0.25, 0.3) is 0 Å². The molecule has 1 heterocycles. The molecule has 0 bridgehead atoms. The van der Waals surface area contributed by atoms with Gasteiger partial charge in [-0.05, 0) is 49.2 Å². The Hall–Kier alpha value is -1.79. The Bertz CT molecular complexity index is 720. The number of nitrogens with zero attached hydrogens (tertiary/aromatic N) is 1. The summed E-state index contributed by atoms with van der Waals surface area (Å²) in [6, 6.07) is 6.31. The highest BCUT2D eigenvalue weighted by Gasteiger charge is 2.18. The van der Waals surface area contributed by atoms with Crippen LogP contribution in [-0.2, 0) is 10.0 Å². The SMILES string of the molecule is Cc1cc(N)cc(S(=O)(=O)Nc2c(C)ccnc2Cl)c1. The molecule has 5 nitrogen and oxygen atoms in total. The van der Waals surface area contributed by atoms with Crippen LogP contribution in [0.15, 0.2) is 35.4 Å². The third kappa shape index (κ3) is 3.02. The van der Waals surface area contributed by atoms with Crippen LogP contribution in [0.5, 0.6) is 0 Å². The summed E-state index contributed by atoms with van der Waals surface area (Å²) in [7, 11) is -3.76. The Kier molecular flexibility index (Phi) is 3.87. The Balaban J connectivity index is 2.46. The second-order valence-electron chi connectivity index (χ2n) is 4.48. The minimum absolute atomic E-state index is 0.0920. The van der Waals surface area contributed by atoms with Gasteiger partial charge in [0.2, 0.25) is 0 Å². The van der Waals surface area contributed by atoms with E-state index in [9.17, 15) is 8.42 Å². The van der Waals surface area contributed by atoms with Gasteiger partial charge in [-0.15, -0.1) is 0 Å². The van der Waals surface area contributed by atoms with Crippen LogP contribution in [-0.4, -0.2) is 13.4 Å². The predicted molar refractivity (Wildman–Crippen MR) is 80.4 cm³/mol. The van der Waals surface area contributed by atoms with E-state index in [1.54, 1.807) is 26.0 Å². The number of hydrogen-bond acceptors (Lipinski definition) is 4. The highest BCUT2D eigenvalue weighted by Crippen LogP contribution is 2.26. The van der Waals surface area contributed by atoms with Gasteiger partial charge in [-0.1, -0.05) is 11.6 Å². The molecule has 0 fully saturated rings. The van der Waals surface area contributed by atoms with Crippen molar-refractivity contribution in [3.05, 3.63) is 46.7 Å². The number of aromatic nitrogens is 1. The lowest BCUT2D eigenvalue weighted by Crippen LogP contribution is -2.15. The summed E-state index contributed by atoms with van der Waals surface area (Å²) in [6.45, 7) is 3.52. The molecule has 2 aromatic rings. The number of halogens is 1. The van der Waals surface area contributed by atoms with E-state index >= 15 is 0 Å². The Morgan fingerprint density at radius 2 is 1.95 bits per heavy atom. The van der Waals surface area contributed by atoms with Gasteiger partial charge in [-0.2, -0.15) is 0 Å². The number of nitrogen functional groups attached to an aromatic ring is 1. The minimum atomic E-state index is -3.76. The first-order valence-corrected chi connectivity index (χ1v) is 7.67. The maximum absolute atomic E-state index is 12.4. The van der Waals surface area contributed by atoms with Gasteiger partial charge in [0, 0.05) is 11.9 Å². The molecule has 1 aromatic heterocycles. The molecule has 0 spiro atoms. The molecule has 2 rings (SSSR count). The van der Waals surface area contributed by atoms with Crippen LogP contribution in [0.1, 0.15) is 11.1 Å². The Morgan fingerprint density at radius 3 is 2.55 bits per heavy atom. The summed E-state index contributed by atoms with van der Waals surface area (Å²) >= 11 is 5.92. The molecule has 0 amide bonds. The smallest absolute Gasteiger partial charge is 0.262 e. The molecule has 20 heavy (non-hydrogen) atoms. The maximum Gasteiger partial charge on any atom is 0.262 e. The van der Waals surface area contributed by atoms with Gasteiger partial charge < -0.3 is 5.73 Å². The quantitative estimate of drug-likeness (QED) is 0.674. The standard InChI is InChI=1S/C13H14ClN3O2S/c1-8-5-10(15)7-11(6-8)20(18,19)17-12-9(2)3-4-16-13(12)14/h3-7,17H,15H2,1-2H3. The molecular formula is C13H14ClN3O2S. The van der Waals surface area contributed by atoms with Crippen molar-refractivity contribution in [3.8, 4) is 0 Å². The largest absolute Gasteiger partial charge is 0.399 e. The van der Waals surface area contributed by atoms with Gasteiger partial charge in [-0.3, -0.25) is 4.72 Å². The summed E-state index contributed by atoms with van der Waals surface area (Å²) in [5, 5.41) is 0.106. The van der Waals surface area contributed by atoms with E-state index < -0.39 is 10.0 Å². The summed E-state index contributed by atoms with van der Waals surface area (Å²) < 4.78 is 27.2. The second kappa shape index (κ2) is 5.30. The third-order valence-electron chi connectivity index (χ3n) is 2.73. The minimum Gasteiger partial charge on any atom is -0.399 e. The third-order valence-corrected chi connectivity index (χ3v) is 4.35. The van der Waals surface area contributed by atoms with E-state index in [4.69, 9.17) is 17.3 Å². The van der Waals surface area contributed by atoms with Crippen molar-refractivity contribution < 1.29 is 8.42 Å². The van der Waals surface area contributed by atoms with Crippen molar-refractivity contribution in [1.82, 2.24) is 4.98 Å². The zero-order valence-electron chi connectivity index (χ0n) is 11.0. The molecule has 7 heteroatoms.